The van der Waals surface area contributed by atoms with Gasteiger partial charge in [0.25, 0.3) is 5.91 Å². The molecule has 2 atom stereocenters. The summed E-state index contributed by atoms with van der Waals surface area (Å²) in [4.78, 5) is 18.3. The van der Waals surface area contributed by atoms with E-state index in [-0.39, 0.29) is 29.3 Å². The number of hydrogen-bond acceptors (Lipinski definition) is 5. The summed E-state index contributed by atoms with van der Waals surface area (Å²) in [6.45, 7) is 1.45. The monoisotopic (exact) mass is 464 g/mol. The summed E-state index contributed by atoms with van der Waals surface area (Å²) < 4.78 is 69.9. The number of fused-ring (bicyclic) bond motifs is 1. The number of nitrogens with zero attached hydrogens (tertiary/aromatic N) is 3. The molecule has 11 heteroatoms. The highest BCUT2D eigenvalue weighted by molar-refractivity contribution is 5.99. The van der Waals surface area contributed by atoms with E-state index in [0.29, 0.717) is 42.7 Å². The molecular formula is C22H17F5N4O2. The zero-order valence-electron chi connectivity index (χ0n) is 17.0. The molecule has 2 aromatic carbocycles. The van der Waals surface area contributed by atoms with E-state index in [1.54, 1.807) is 11.0 Å². The van der Waals surface area contributed by atoms with Crippen LogP contribution in [0, 0.1) is 11.6 Å². The van der Waals surface area contributed by atoms with E-state index in [1.165, 1.54) is 18.2 Å². The quantitative estimate of drug-likeness (QED) is 0.591. The fourth-order valence-corrected chi connectivity index (χ4v) is 4.49. The van der Waals surface area contributed by atoms with Gasteiger partial charge in [-0.1, -0.05) is 23.4 Å². The third-order valence-electron chi connectivity index (χ3n) is 6.09. The Morgan fingerprint density at radius 3 is 2.64 bits per heavy atom. The molecule has 0 bridgehead atoms. The lowest BCUT2D eigenvalue weighted by atomic mass is 9.85. The van der Waals surface area contributed by atoms with Crippen molar-refractivity contribution in [1.82, 2.24) is 20.4 Å². The molecule has 1 amide bonds. The first-order valence-corrected chi connectivity index (χ1v) is 10.2. The van der Waals surface area contributed by atoms with Gasteiger partial charge in [0.15, 0.2) is 11.6 Å². The number of hydrogen-bond donors (Lipinski definition) is 1. The summed E-state index contributed by atoms with van der Waals surface area (Å²) >= 11 is 0. The highest BCUT2D eigenvalue weighted by atomic mass is 19.4. The minimum absolute atomic E-state index is 0.227. The zero-order valence-corrected chi connectivity index (χ0v) is 17.0. The van der Waals surface area contributed by atoms with Crippen LogP contribution >= 0.6 is 0 Å². The van der Waals surface area contributed by atoms with Crippen LogP contribution in [0.1, 0.15) is 39.7 Å². The summed E-state index contributed by atoms with van der Waals surface area (Å²) in [6.07, 6.45) is -4.16. The van der Waals surface area contributed by atoms with Gasteiger partial charge in [0.2, 0.25) is 5.82 Å². The van der Waals surface area contributed by atoms with Crippen molar-refractivity contribution in [3.05, 3.63) is 70.6 Å². The van der Waals surface area contributed by atoms with Crippen LogP contribution in [0.4, 0.5) is 22.0 Å². The van der Waals surface area contributed by atoms with Crippen LogP contribution in [0.3, 0.4) is 0 Å². The number of benzene rings is 2. The lowest BCUT2D eigenvalue weighted by molar-refractivity contribution is -0.159. The first-order valence-electron chi connectivity index (χ1n) is 10.2. The van der Waals surface area contributed by atoms with Crippen LogP contribution in [0.25, 0.3) is 11.4 Å². The van der Waals surface area contributed by atoms with Crippen molar-refractivity contribution in [1.29, 1.82) is 0 Å². The molecule has 1 saturated heterocycles. The molecule has 0 unspecified atom stereocenters. The smallest absolute Gasteiger partial charge is 0.331 e. The standard InChI is InChI=1S/C22H17F5N4O2/c23-16-4-3-11(8-17(16)24)15-9-28-6-5-18(15)31-10-13-2-1-12(7-14(13)20(31)32)19-29-21(33-30-19)22(25,26)27/h1-4,7-8,15,18,28H,5-6,9-10H2/t15-,18+/m0/s1. The fourth-order valence-electron chi connectivity index (χ4n) is 4.49. The largest absolute Gasteiger partial charge is 0.471 e. The van der Waals surface area contributed by atoms with E-state index < -0.39 is 23.7 Å². The van der Waals surface area contributed by atoms with Gasteiger partial charge in [-0.3, -0.25) is 4.79 Å². The minimum atomic E-state index is -4.77. The summed E-state index contributed by atoms with van der Waals surface area (Å²) in [7, 11) is 0. The summed E-state index contributed by atoms with van der Waals surface area (Å²) in [5.41, 5.74) is 1.87. The summed E-state index contributed by atoms with van der Waals surface area (Å²) in [5.74, 6) is -4.15. The van der Waals surface area contributed by atoms with E-state index in [1.807, 2.05) is 0 Å². The van der Waals surface area contributed by atoms with Crippen molar-refractivity contribution in [2.45, 2.75) is 31.1 Å². The molecule has 3 heterocycles. The topological polar surface area (TPSA) is 71.3 Å². The fraction of sp³-hybridized carbons (Fsp3) is 0.318. The van der Waals surface area contributed by atoms with Gasteiger partial charge in [0.05, 0.1) is 0 Å². The molecule has 1 N–H and O–H groups in total. The van der Waals surface area contributed by atoms with Crippen molar-refractivity contribution in [3.8, 4) is 11.4 Å². The van der Waals surface area contributed by atoms with E-state index in [2.05, 4.69) is 20.0 Å². The van der Waals surface area contributed by atoms with Crippen LogP contribution in [0.5, 0.6) is 0 Å². The van der Waals surface area contributed by atoms with Crippen molar-refractivity contribution in [3.63, 3.8) is 0 Å². The number of nitrogens with one attached hydrogen (secondary N) is 1. The Balaban J connectivity index is 1.43. The minimum Gasteiger partial charge on any atom is -0.331 e. The Bertz CT molecular complexity index is 1230. The average molecular weight is 464 g/mol. The second kappa shape index (κ2) is 7.91. The summed E-state index contributed by atoms with van der Waals surface area (Å²) in [6, 6.07) is 8.13. The molecule has 0 spiro atoms. The molecule has 0 radical (unpaired) electrons. The molecule has 0 aliphatic carbocycles. The van der Waals surface area contributed by atoms with Crippen molar-refractivity contribution >= 4 is 5.91 Å². The first-order chi connectivity index (χ1) is 15.7. The molecule has 5 rings (SSSR count). The summed E-state index contributed by atoms with van der Waals surface area (Å²) in [5, 5.41) is 6.60. The SMILES string of the molecule is O=C1c2cc(-c3noc(C(F)(F)F)n3)ccc2CN1[C@@H]1CCNC[C@H]1c1ccc(F)c(F)c1. The molecule has 0 saturated carbocycles. The number of halogens is 5. The van der Waals surface area contributed by atoms with E-state index in [0.717, 1.165) is 12.1 Å². The third-order valence-corrected chi connectivity index (χ3v) is 6.09. The molecule has 3 aromatic rings. The van der Waals surface area contributed by atoms with Gasteiger partial charge in [-0.2, -0.15) is 18.2 Å². The number of carbonyl (C=O) groups excluding carboxylic acids is 1. The first kappa shape index (κ1) is 21.5. The number of carbonyl (C=O) groups is 1. The maximum Gasteiger partial charge on any atom is 0.471 e. The molecule has 6 nitrogen and oxygen atoms in total. The van der Waals surface area contributed by atoms with E-state index in [4.69, 9.17) is 0 Å². The number of aromatic nitrogens is 2. The van der Waals surface area contributed by atoms with Crippen molar-refractivity contribution in [2.24, 2.45) is 0 Å². The molecule has 33 heavy (non-hydrogen) atoms. The number of amides is 1. The van der Waals surface area contributed by atoms with Gasteiger partial charge in [0.1, 0.15) is 0 Å². The Hall–Kier alpha value is -3.34. The Labute approximate surface area is 184 Å². The van der Waals surface area contributed by atoms with Crippen LogP contribution in [-0.2, 0) is 12.7 Å². The number of rotatable bonds is 3. The van der Waals surface area contributed by atoms with Crippen LogP contribution in [-0.4, -0.2) is 40.1 Å². The van der Waals surface area contributed by atoms with Crippen LogP contribution in [0.15, 0.2) is 40.9 Å². The van der Waals surface area contributed by atoms with Crippen molar-refractivity contribution in [2.75, 3.05) is 13.1 Å². The Kier molecular flexibility index (Phi) is 5.15. The number of piperidine rings is 1. The maximum absolute atomic E-state index is 13.8. The van der Waals surface area contributed by atoms with Gasteiger partial charge in [-0.05, 0) is 42.3 Å². The van der Waals surface area contributed by atoms with Gasteiger partial charge in [-0.25, -0.2) is 8.78 Å². The van der Waals surface area contributed by atoms with Crippen LogP contribution < -0.4 is 5.32 Å². The zero-order chi connectivity index (χ0) is 23.3. The van der Waals surface area contributed by atoms with Gasteiger partial charge >= 0.3 is 12.1 Å². The molecular weight excluding hydrogens is 447 g/mol. The molecule has 2 aliphatic rings. The molecule has 1 aromatic heterocycles. The van der Waals surface area contributed by atoms with Gasteiger partial charge in [-0.15, -0.1) is 0 Å². The normalized spacial score (nSPS) is 20.9. The predicted molar refractivity (Wildman–Crippen MR) is 105 cm³/mol. The predicted octanol–water partition coefficient (Wildman–Crippen LogP) is 4.14. The Morgan fingerprint density at radius 2 is 1.91 bits per heavy atom. The van der Waals surface area contributed by atoms with Gasteiger partial charge < -0.3 is 14.7 Å². The molecule has 1 fully saturated rings. The highest BCUT2D eigenvalue weighted by Gasteiger charge is 2.40. The second-order valence-corrected chi connectivity index (χ2v) is 8.07. The number of alkyl halides is 3. The third kappa shape index (κ3) is 3.86. The lowest BCUT2D eigenvalue weighted by Crippen LogP contribution is -2.48. The highest BCUT2D eigenvalue weighted by Crippen LogP contribution is 2.36. The maximum atomic E-state index is 13.8. The van der Waals surface area contributed by atoms with E-state index in [9.17, 15) is 26.7 Å². The lowest BCUT2D eigenvalue weighted by Gasteiger charge is -2.38. The molecule has 172 valence electrons. The van der Waals surface area contributed by atoms with Gasteiger partial charge in [0, 0.05) is 36.2 Å². The Morgan fingerprint density at radius 1 is 1.09 bits per heavy atom. The average Bonchev–Trinajstić information content (AvgIpc) is 3.41. The second-order valence-electron chi connectivity index (χ2n) is 8.07. The van der Waals surface area contributed by atoms with Crippen molar-refractivity contribution < 1.29 is 31.3 Å². The van der Waals surface area contributed by atoms with E-state index >= 15 is 0 Å². The van der Waals surface area contributed by atoms with Crippen LogP contribution in [0.2, 0.25) is 0 Å². The molecule has 2 aliphatic heterocycles.